The molecule has 0 amide bonds. The van der Waals surface area contributed by atoms with Gasteiger partial charge in [0, 0.05) is 58.4 Å². The van der Waals surface area contributed by atoms with E-state index in [2.05, 4.69) is 39.3 Å². The van der Waals surface area contributed by atoms with Crippen molar-refractivity contribution in [1.82, 2.24) is 20.4 Å². The highest BCUT2D eigenvalue weighted by Crippen LogP contribution is 2.12. The molecule has 7 nitrogen and oxygen atoms in total. The summed E-state index contributed by atoms with van der Waals surface area (Å²) in [5, 5.41) is 6.87. The Morgan fingerprint density at radius 1 is 1.17 bits per heavy atom. The van der Waals surface area contributed by atoms with E-state index in [0.717, 1.165) is 45.0 Å². The maximum Gasteiger partial charge on any atom is 0.191 e. The maximum absolute atomic E-state index is 11.4. The van der Waals surface area contributed by atoms with E-state index in [9.17, 15) is 8.42 Å². The largest absolute Gasteiger partial charge is 0.355 e. The standard InChI is InChI=1S/C16H33N5O2S/c1-14(2)21-7-4-15(5-8-21)19-16(17-3)18-6-9-20-10-12-24(22,23)13-11-20/h14-15H,4-13H2,1-3H3,(H2,17,18,19). The zero-order valence-corrected chi connectivity index (χ0v) is 16.1. The lowest BCUT2D eigenvalue weighted by Crippen LogP contribution is -2.51. The summed E-state index contributed by atoms with van der Waals surface area (Å²) in [7, 11) is -0.996. The van der Waals surface area contributed by atoms with Crippen LogP contribution in [0.25, 0.3) is 0 Å². The van der Waals surface area contributed by atoms with Crippen molar-refractivity contribution in [3.8, 4) is 0 Å². The summed E-state index contributed by atoms with van der Waals surface area (Å²) in [5.74, 6) is 1.42. The van der Waals surface area contributed by atoms with Crippen molar-refractivity contribution in [3.63, 3.8) is 0 Å². The van der Waals surface area contributed by atoms with Gasteiger partial charge in [-0.3, -0.25) is 9.89 Å². The summed E-state index contributed by atoms with van der Waals surface area (Å²) >= 11 is 0. The van der Waals surface area contributed by atoms with Gasteiger partial charge in [0.05, 0.1) is 11.5 Å². The van der Waals surface area contributed by atoms with E-state index >= 15 is 0 Å². The lowest BCUT2D eigenvalue weighted by molar-refractivity contribution is 0.167. The molecule has 2 aliphatic heterocycles. The van der Waals surface area contributed by atoms with E-state index in [4.69, 9.17) is 0 Å². The number of nitrogens with one attached hydrogen (secondary N) is 2. The van der Waals surface area contributed by atoms with E-state index in [1.165, 1.54) is 0 Å². The molecular formula is C16H33N5O2S. The van der Waals surface area contributed by atoms with E-state index in [1.807, 2.05) is 0 Å². The number of nitrogens with zero attached hydrogens (tertiary/aromatic N) is 3. The predicted octanol–water partition coefficient (Wildman–Crippen LogP) is -0.245. The third-order valence-corrected chi connectivity index (χ3v) is 6.59. The Hall–Kier alpha value is -0.860. The average molecular weight is 360 g/mol. The van der Waals surface area contributed by atoms with Crippen LogP contribution in [-0.4, -0.2) is 94.1 Å². The molecule has 2 aliphatic rings. The molecule has 140 valence electrons. The molecule has 2 heterocycles. The number of likely N-dealkylation sites (tertiary alicyclic amines) is 1. The first-order chi connectivity index (χ1) is 11.4. The number of hydrogen-bond donors (Lipinski definition) is 2. The minimum absolute atomic E-state index is 0.286. The van der Waals surface area contributed by atoms with Gasteiger partial charge in [-0.05, 0) is 26.7 Å². The van der Waals surface area contributed by atoms with Crippen molar-refractivity contribution in [3.05, 3.63) is 0 Å². The molecule has 0 aromatic carbocycles. The monoisotopic (exact) mass is 359 g/mol. The molecule has 8 heteroatoms. The van der Waals surface area contributed by atoms with Gasteiger partial charge in [-0.15, -0.1) is 0 Å². The summed E-state index contributed by atoms with van der Waals surface area (Å²) in [6.45, 7) is 9.68. The van der Waals surface area contributed by atoms with E-state index in [0.29, 0.717) is 25.2 Å². The van der Waals surface area contributed by atoms with Gasteiger partial charge in [0.15, 0.2) is 15.8 Å². The summed E-state index contributed by atoms with van der Waals surface area (Å²) in [5.41, 5.74) is 0. The summed E-state index contributed by atoms with van der Waals surface area (Å²) < 4.78 is 22.9. The third-order valence-electron chi connectivity index (χ3n) is 4.98. The fraction of sp³-hybridized carbons (Fsp3) is 0.938. The Balaban J connectivity index is 1.65. The van der Waals surface area contributed by atoms with Gasteiger partial charge in [0.25, 0.3) is 0 Å². The minimum Gasteiger partial charge on any atom is -0.355 e. The van der Waals surface area contributed by atoms with Gasteiger partial charge in [-0.2, -0.15) is 0 Å². The fourth-order valence-electron chi connectivity index (χ4n) is 3.25. The molecule has 0 bridgehead atoms. The molecule has 0 atom stereocenters. The molecule has 2 rings (SSSR count). The Labute approximate surface area is 146 Å². The van der Waals surface area contributed by atoms with Crippen molar-refractivity contribution in [2.75, 3.05) is 57.8 Å². The van der Waals surface area contributed by atoms with Gasteiger partial charge in [-0.1, -0.05) is 0 Å². The molecule has 0 aliphatic carbocycles. The van der Waals surface area contributed by atoms with Crippen LogP contribution in [0.2, 0.25) is 0 Å². The average Bonchev–Trinajstić information content (AvgIpc) is 2.56. The van der Waals surface area contributed by atoms with Crippen molar-refractivity contribution in [1.29, 1.82) is 0 Å². The summed E-state index contributed by atoms with van der Waals surface area (Å²) in [4.78, 5) is 9.02. The first-order valence-electron chi connectivity index (χ1n) is 9.03. The number of sulfone groups is 1. The van der Waals surface area contributed by atoms with Crippen LogP contribution in [0, 0.1) is 0 Å². The Kier molecular flexibility index (Phi) is 7.31. The topological polar surface area (TPSA) is 77.0 Å². The molecule has 0 saturated carbocycles. The second-order valence-corrected chi connectivity index (χ2v) is 9.34. The van der Waals surface area contributed by atoms with Crippen molar-refractivity contribution in [2.45, 2.75) is 38.8 Å². The molecule has 0 spiro atoms. The van der Waals surface area contributed by atoms with Gasteiger partial charge in [0.2, 0.25) is 0 Å². The quantitative estimate of drug-likeness (QED) is 0.521. The number of rotatable bonds is 5. The van der Waals surface area contributed by atoms with Gasteiger partial charge in [0.1, 0.15) is 0 Å². The molecule has 0 unspecified atom stereocenters. The summed E-state index contributed by atoms with van der Waals surface area (Å²) in [6.07, 6.45) is 2.28. The minimum atomic E-state index is -2.79. The van der Waals surface area contributed by atoms with Crippen LogP contribution in [-0.2, 0) is 9.84 Å². The lowest BCUT2D eigenvalue weighted by Gasteiger charge is -2.35. The molecule has 2 saturated heterocycles. The van der Waals surface area contributed by atoms with Crippen LogP contribution >= 0.6 is 0 Å². The molecule has 0 aromatic rings. The highest BCUT2D eigenvalue weighted by Gasteiger charge is 2.22. The SMILES string of the molecule is CN=C(NCCN1CCS(=O)(=O)CC1)NC1CCN(C(C)C)CC1. The molecule has 2 fully saturated rings. The highest BCUT2D eigenvalue weighted by molar-refractivity contribution is 7.91. The zero-order chi connectivity index (χ0) is 17.6. The number of hydrogen-bond acceptors (Lipinski definition) is 5. The van der Waals surface area contributed by atoms with Crippen LogP contribution in [0.1, 0.15) is 26.7 Å². The maximum atomic E-state index is 11.4. The molecule has 0 radical (unpaired) electrons. The number of guanidine groups is 1. The lowest BCUT2D eigenvalue weighted by atomic mass is 10.0. The van der Waals surface area contributed by atoms with E-state index < -0.39 is 9.84 Å². The number of aliphatic imine (C=N–C) groups is 1. The van der Waals surface area contributed by atoms with E-state index in [1.54, 1.807) is 7.05 Å². The molecule has 2 N–H and O–H groups in total. The molecule has 0 aromatic heterocycles. The normalized spacial score (nSPS) is 24.2. The van der Waals surface area contributed by atoms with E-state index in [-0.39, 0.29) is 11.5 Å². The summed E-state index contributed by atoms with van der Waals surface area (Å²) in [6, 6.07) is 1.10. The van der Waals surface area contributed by atoms with Crippen LogP contribution in [0.3, 0.4) is 0 Å². The van der Waals surface area contributed by atoms with Gasteiger partial charge < -0.3 is 15.5 Å². The predicted molar refractivity (Wildman–Crippen MR) is 99.3 cm³/mol. The highest BCUT2D eigenvalue weighted by atomic mass is 32.2. The van der Waals surface area contributed by atoms with Crippen molar-refractivity contribution >= 4 is 15.8 Å². The first kappa shape index (κ1) is 19.5. The van der Waals surface area contributed by atoms with Crippen molar-refractivity contribution in [2.24, 2.45) is 4.99 Å². The number of piperidine rings is 1. The van der Waals surface area contributed by atoms with Crippen LogP contribution in [0.15, 0.2) is 4.99 Å². The van der Waals surface area contributed by atoms with Gasteiger partial charge in [-0.25, -0.2) is 8.42 Å². The smallest absolute Gasteiger partial charge is 0.191 e. The van der Waals surface area contributed by atoms with Crippen LogP contribution in [0.5, 0.6) is 0 Å². The third kappa shape index (κ3) is 6.22. The fourth-order valence-corrected chi connectivity index (χ4v) is 4.53. The Morgan fingerprint density at radius 3 is 2.33 bits per heavy atom. The Morgan fingerprint density at radius 2 is 1.79 bits per heavy atom. The first-order valence-corrected chi connectivity index (χ1v) is 10.9. The molecular weight excluding hydrogens is 326 g/mol. The van der Waals surface area contributed by atoms with Crippen LogP contribution in [0.4, 0.5) is 0 Å². The second-order valence-electron chi connectivity index (χ2n) is 7.04. The van der Waals surface area contributed by atoms with Crippen molar-refractivity contribution < 1.29 is 8.42 Å². The zero-order valence-electron chi connectivity index (χ0n) is 15.3. The Bertz CT molecular complexity index is 499. The second kappa shape index (κ2) is 9.01. The van der Waals surface area contributed by atoms with Crippen LogP contribution < -0.4 is 10.6 Å². The molecule has 24 heavy (non-hydrogen) atoms. The van der Waals surface area contributed by atoms with Gasteiger partial charge >= 0.3 is 0 Å².